The zero-order chi connectivity index (χ0) is 24.6. The number of phenolic OH excluding ortho intramolecular Hbond substituents is 1. The molecule has 0 spiro atoms. The van der Waals surface area contributed by atoms with E-state index in [1.807, 2.05) is 0 Å². The molecule has 1 saturated carbocycles. The van der Waals surface area contributed by atoms with Gasteiger partial charge in [-0.15, -0.1) is 0 Å². The van der Waals surface area contributed by atoms with Crippen molar-refractivity contribution in [2.45, 2.75) is 64.6 Å². The third kappa shape index (κ3) is 8.28. The van der Waals surface area contributed by atoms with Crippen molar-refractivity contribution in [2.24, 2.45) is 0 Å². The maximum Gasteiger partial charge on any atom is 0.408 e. The molecule has 33 heavy (non-hydrogen) atoms. The Morgan fingerprint density at radius 3 is 2.39 bits per heavy atom. The summed E-state index contributed by atoms with van der Waals surface area (Å²) in [6.45, 7) is 6.70. The first kappa shape index (κ1) is 26.0. The molecule has 0 saturated heterocycles. The van der Waals surface area contributed by atoms with Gasteiger partial charge in [0.15, 0.2) is 0 Å². The highest BCUT2D eigenvalue weighted by Crippen LogP contribution is 2.37. The lowest BCUT2D eigenvalue weighted by molar-refractivity contribution is -0.144. The van der Waals surface area contributed by atoms with Gasteiger partial charge in [-0.1, -0.05) is 18.2 Å². The predicted molar refractivity (Wildman–Crippen MR) is 119 cm³/mol. The van der Waals surface area contributed by atoms with Crippen LogP contribution in [0.2, 0.25) is 0 Å². The Balaban J connectivity index is 2.19. The fourth-order valence-corrected chi connectivity index (χ4v) is 3.22. The number of ether oxygens (including phenoxy) is 2. The quantitative estimate of drug-likeness (QED) is 0.452. The van der Waals surface area contributed by atoms with Crippen LogP contribution < -0.4 is 10.6 Å². The number of phenols is 1. The van der Waals surface area contributed by atoms with Crippen LogP contribution in [0, 0.1) is 0 Å². The Morgan fingerprint density at radius 1 is 1.15 bits per heavy atom. The van der Waals surface area contributed by atoms with E-state index in [9.17, 15) is 24.3 Å². The molecule has 10 heteroatoms. The lowest BCUT2D eigenvalue weighted by Crippen LogP contribution is -2.49. The molecule has 1 fully saturated rings. The number of esters is 1. The van der Waals surface area contributed by atoms with Crippen molar-refractivity contribution in [3.8, 4) is 5.75 Å². The van der Waals surface area contributed by atoms with E-state index in [2.05, 4.69) is 10.6 Å². The molecule has 0 heterocycles. The van der Waals surface area contributed by atoms with Crippen LogP contribution in [0.3, 0.4) is 0 Å². The highest BCUT2D eigenvalue weighted by molar-refractivity contribution is 5.91. The van der Waals surface area contributed by atoms with E-state index in [0.29, 0.717) is 12.8 Å². The lowest BCUT2D eigenvalue weighted by Gasteiger charge is -2.32. The van der Waals surface area contributed by atoms with Crippen LogP contribution in [0.25, 0.3) is 0 Å². The van der Waals surface area contributed by atoms with E-state index < -0.39 is 35.5 Å². The summed E-state index contributed by atoms with van der Waals surface area (Å²) >= 11 is 0. The average Bonchev–Trinajstić information content (AvgIpc) is 3.54. The summed E-state index contributed by atoms with van der Waals surface area (Å²) in [5.74, 6) is -1.62. The highest BCUT2D eigenvalue weighted by Gasteiger charge is 2.42. The molecule has 1 aliphatic rings. The van der Waals surface area contributed by atoms with Gasteiger partial charge in [0, 0.05) is 18.2 Å². The second-order valence-electron chi connectivity index (χ2n) is 8.70. The Morgan fingerprint density at radius 2 is 1.82 bits per heavy atom. The molecule has 2 rings (SSSR count). The minimum atomic E-state index is -1.13. The summed E-state index contributed by atoms with van der Waals surface area (Å²) < 4.78 is 10.0. The smallest absolute Gasteiger partial charge is 0.408 e. The van der Waals surface area contributed by atoms with E-state index in [1.54, 1.807) is 45.9 Å². The third-order valence-electron chi connectivity index (χ3n) is 4.70. The van der Waals surface area contributed by atoms with Crippen LogP contribution in [-0.4, -0.2) is 65.2 Å². The highest BCUT2D eigenvalue weighted by atomic mass is 16.6. The molecule has 10 nitrogen and oxygen atoms in total. The standard InChI is InChI=1S/C23H33N3O7/c1-5-32-19(29)12-13-24-21(30)20(16-8-6-7-9-17(16)27)26(15-10-11-15)18(28)14-25-22(31)33-23(2,3)4/h6-9,15,20,27H,5,10-14H2,1-4H3,(H,24,30)(H,25,31). The molecule has 3 amide bonds. The van der Waals surface area contributed by atoms with E-state index >= 15 is 0 Å². The van der Waals surface area contributed by atoms with Gasteiger partial charge in [0.1, 0.15) is 23.9 Å². The summed E-state index contributed by atoms with van der Waals surface area (Å²) in [5, 5.41) is 15.5. The summed E-state index contributed by atoms with van der Waals surface area (Å²) in [5.41, 5.74) is -0.468. The van der Waals surface area contributed by atoms with Gasteiger partial charge in [0.25, 0.3) is 0 Å². The van der Waals surface area contributed by atoms with Crippen molar-refractivity contribution < 1.29 is 33.8 Å². The van der Waals surface area contributed by atoms with Crippen molar-refractivity contribution >= 4 is 23.9 Å². The zero-order valence-corrected chi connectivity index (χ0v) is 19.6. The van der Waals surface area contributed by atoms with Gasteiger partial charge in [-0.2, -0.15) is 0 Å². The molecule has 3 N–H and O–H groups in total. The first-order chi connectivity index (χ1) is 15.5. The van der Waals surface area contributed by atoms with Crippen molar-refractivity contribution in [1.82, 2.24) is 15.5 Å². The monoisotopic (exact) mass is 463 g/mol. The Kier molecular flexibility index (Phi) is 9.07. The largest absolute Gasteiger partial charge is 0.508 e. The molecular weight excluding hydrogens is 430 g/mol. The predicted octanol–water partition coefficient (Wildman–Crippen LogP) is 2.02. The second-order valence-corrected chi connectivity index (χ2v) is 8.70. The fraction of sp³-hybridized carbons (Fsp3) is 0.565. The lowest BCUT2D eigenvalue weighted by atomic mass is 10.0. The van der Waals surface area contributed by atoms with Gasteiger partial charge in [-0.25, -0.2) is 4.79 Å². The minimum absolute atomic E-state index is 0.0185. The van der Waals surface area contributed by atoms with E-state index in [4.69, 9.17) is 9.47 Å². The molecule has 1 aromatic carbocycles. The van der Waals surface area contributed by atoms with E-state index in [-0.39, 0.29) is 43.5 Å². The Hall–Kier alpha value is -3.30. The number of alkyl carbamates (subject to hydrolysis) is 1. The Labute approximate surface area is 193 Å². The second kappa shape index (κ2) is 11.5. The van der Waals surface area contributed by atoms with Gasteiger partial charge in [0.05, 0.1) is 13.0 Å². The van der Waals surface area contributed by atoms with Gasteiger partial charge in [-0.3, -0.25) is 14.4 Å². The topological polar surface area (TPSA) is 134 Å². The number of aromatic hydroxyl groups is 1. The number of nitrogens with one attached hydrogen (secondary N) is 2. The van der Waals surface area contributed by atoms with Crippen LogP contribution in [0.1, 0.15) is 58.6 Å². The van der Waals surface area contributed by atoms with E-state index in [0.717, 1.165) is 0 Å². The third-order valence-corrected chi connectivity index (χ3v) is 4.70. The molecule has 0 radical (unpaired) electrons. The van der Waals surface area contributed by atoms with E-state index in [1.165, 1.54) is 11.0 Å². The fourth-order valence-electron chi connectivity index (χ4n) is 3.22. The normalized spacial score (nSPS) is 14.1. The summed E-state index contributed by atoms with van der Waals surface area (Å²) in [4.78, 5) is 51.2. The zero-order valence-electron chi connectivity index (χ0n) is 19.6. The molecule has 0 bridgehead atoms. The molecule has 1 aromatic rings. The SMILES string of the molecule is CCOC(=O)CCNC(=O)C(c1ccccc1O)N(C(=O)CNC(=O)OC(C)(C)C)C1CC1. The maximum atomic E-state index is 13.2. The number of rotatable bonds is 10. The first-order valence-corrected chi connectivity index (χ1v) is 11.0. The number of carbonyl (C=O) groups excluding carboxylic acids is 4. The number of nitrogens with zero attached hydrogens (tertiary/aromatic N) is 1. The number of carbonyl (C=O) groups is 4. The van der Waals surface area contributed by atoms with Crippen molar-refractivity contribution in [2.75, 3.05) is 19.7 Å². The molecule has 1 aliphatic carbocycles. The van der Waals surface area contributed by atoms with Gasteiger partial charge in [-0.05, 0) is 46.6 Å². The summed E-state index contributed by atoms with van der Waals surface area (Å²) in [6, 6.07) is 4.93. The van der Waals surface area contributed by atoms with Crippen LogP contribution >= 0.6 is 0 Å². The molecule has 1 atom stereocenters. The molecule has 1 unspecified atom stereocenters. The van der Waals surface area contributed by atoms with Crippen LogP contribution in [-0.2, 0) is 23.9 Å². The van der Waals surface area contributed by atoms with Gasteiger partial charge in [0.2, 0.25) is 11.8 Å². The number of benzene rings is 1. The maximum absolute atomic E-state index is 13.2. The average molecular weight is 464 g/mol. The van der Waals surface area contributed by atoms with Crippen molar-refractivity contribution in [3.05, 3.63) is 29.8 Å². The number of hydrogen-bond acceptors (Lipinski definition) is 7. The number of amides is 3. The van der Waals surface area contributed by atoms with Gasteiger partial charge < -0.3 is 30.1 Å². The van der Waals surface area contributed by atoms with Gasteiger partial charge >= 0.3 is 12.1 Å². The van der Waals surface area contributed by atoms with Crippen LogP contribution in [0.4, 0.5) is 4.79 Å². The molecular formula is C23H33N3O7. The molecule has 0 aliphatic heterocycles. The van der Waals surface area contributed by atoms with Crippen LogP contribution in [0.5, 0.6) is 5.75 Å². The Bertz CT molecular complexity index is 862. The summed E-state index contributed by atoms with van der Waals surface area (Å²) in [7, 11) is 0. The minimum Gasteiger partial charge on any atom is -0.508 e. The molecule has 182 valence electrons. The first-order valence-electron chi connectivity index (χ1n) is 11.0. The summed E-state index contributed by atoms with van der Waals surface area (Å²) in [6.07, 6.45) is 0.617. The van der Waals surface area contributed by atoms with Crippen molar-refractivity contribution in [1.29, 1.82) is 0 Å². The number of para-hydroxylation sites is 1. The number of hydrogen-bond donors (Lipinski definition) is 3. The van der Waals surface area contributed by atoms with Crippen molar-refractivity contribution in [3.63, 3.8) is 0 Å². The van der Waals surface area contributed by atoms with Crippen LogP contribution in [0.15, 0.2) is 24.3 Å². The molecule has 0 aromatic heterocycles.